The minimum Gasteiger partial charge on any atom is -0.321 e. The lowest BCUT2D eigenvalue weighted by atomic mass is 10.1. The molecule has 2 amide bonds. The van der Waals surface area contributed by atoms with Gasteiger partial charge in [0.1, 0.15) is 4.90 Å². The summed E-state index contributed by atoms with van der Waals surface area (Å²) < 4.78 is 54.6. The molecule has 3 aromatic carbocycles. The highest BCUT2D eigenvalue weighted by molar-refractivity contribution is 7.90. The molecule has 0 radical (unpaired) electrons. The Bertz CT molecular complexity index is 1620. The minimum absolute atomic E-state index is 0.0262. The monoisotopic (exact) mass is 537 g/mol. The second-order valence-corrected chi connectivity index (χ2v) is 10.3. The summed E-state index contributed by atoms with van der Waals surface area (Å²) in [7, 11) is -4.20. The predicted molar refractivity (Wildman–Crippen MR) is 141 cm³/mol. The molecule has 0 spiro atoms. The first-order chi connectivity index (χ1) is 18.2. The third-order valence-electron chi connectivity index (χ3n) is 5.85. The molecule has 0 bridgehead atoms. The fourth-order valence-corrected chi connectivity index (χ4v) is 5.05. The maximum atomic E-state index is 13.6. The van der Waals surface area contributed by atoms with Gasteiger partial charge in [0.25, 0.3) is 15.9 Å². The summed E-state index contributed by atoms with van der Waals surface area (Å²) >= 11 is 0. The van der Waals surface area contributed by atoms with Crippen LogP contribution in [0.25, 0.3) is 22.2 Å². The fourth-order valence-electron chi connectivity index (χ4n) is 3.87. The number of hydrogen-bond acceptors (Lipinski definition) is 5. The van der Waals surface area contributed by atoms with Crippen molar-refractivity contribution in [2.45, 2.75) is 37.5 Å². The normalized spacial score (nSPS) is 11.3. The number of carbonyl (C=O) groups excluding carboxylic acids is 2. The second kappa shape index (κ2) is 11.5. The number of fused-ring (bicyclic) bond motifs is 1. The standard InChI is InChI=1S/C28H25F2N3O4S/c1-2-3-4-9-27(34)33-38(36,37)26-8-6-5-7-25(26)32-28(35)20-12-15-23-18(16-20)11-14-24(31-23)19-10-13-21(29)22(30)17-19/h5-8,10-17H,2-4,9H2,1H3,(H,32,35)(H,33,34). The van der Waals surface area contributed by atoms with Crippen molar-refractivity contribution in [2.75, 3.05) is 5.32 Å². The Kier molecular flexibility index (Phi) is 8.11. The highest BCUT2D eigenvalue weighted by Gasteiger charge is 2.22. The van der Waals surface area contributed by atoms with Crippen LogP contribution in [0.15, 0.2) is 77.7 Å². The van der Waals surface area contributed by atoms with Gasteiger partial charge in [-0.1, -0.05) is 38.0 Å². The van der Waals surface area contributed by atoms with Gasteiger partial charge in [0.05, 0.1) is 16.9 Å². The van der Waals surface area contributed by atoms with Crippen LogP contribution in [0.4, 0.5) is 14.5 Å². The Morgan fingerprint density at radius 2 is 1.68 bits per heavy atom. The number of nitrogens with zero attached hydrogens (tertiary/aromatic N) is 1. The molecule has 1 heterocycles. The zero-order valence-electron chi connectivity index (χ0n) is 20.5. The van der Waals surface area contributed by atoms with Crippen LogP contribution in [0.2, 0.25) is 0 Å². The fraction of sp³-hybridized carbons (Fsp3) is 0.179. The maximum Gasteiger partial charge on any atom is 0.266 e. The molecule has 1 aromatic heterocycles. The molecular formula is C28H25F2N3O4S. The molecule has 2 N–H and O–H groups in total. The van der Waals surface area contributed by atoms with Crippen LogP contribution in [-0.2, 0) is 14.8 Å². The Labute approximate surface area is 219 Å². The summed E-state index contributed by atoms with van der Waals surface area (Å²) in [5, 5.41) is 3.22. The molecule has 7 nitrogen and oxygen atoms in total. The number of aromatic nitrogens is 1. The molecule has 0 unspecified atom stereocenters. The molecule has 38 heavy (non-hydrogen) atoms. The van der Waals surface area contributed by atoms with Crippen molar-refractivity contribution >= 4 is 38.4 Å². The van der Waals surface area contributed by atoms with Crippen molar-refractivity contribution in [2.24, 2.45) is 0 Å². The molecule has 0 aliphatic heterocycles. The summed E-state index contributed by atoms with van der Waals surface area (Å²) in [6.07, 6.45) is 2.38. The number of rotatable bonds is 9. The van der Waals surface area contributed by atoms with Gasteiger partial charge in [-0.2, -0.15) is 0 Å². The van der Waals surface area contributed by atoms with Gasteiger partial charge in [0.15, 0.2) is 11.6 Å². The van der Waals surface area contributed by atoms with E-state index >= 15 is 0 Å². The molecule has 0 saturated heterocycles. The molecule has 0 atom stereocenters. The summed E-state index contributed by atoms with van der Waals surface area (Å²) in [6, 6.07) is 17.4. The van der Waals surface area contributed by atoms with Crippen LogP contribution in [0, 0.1) is 11.6 Å². The topological polar surface area (TPSA) is 105 Å². The number of anilines is 1. The van der Waals surface area contributed by atoms with E-state index in [0.29, 0.717) is 28.6 Å². The van der Waals surface area contributed by atoms with Crippen LogP contribution in [-0.4, -0.2) is 25.2 Å². The molecule has 4 rings (SSSR count). The lowest BCUT2D eigenvalue weighted by Crippen LogP contribution is -2.31. The van der Waals surface area contributed by atoms with Gasteiger partial charge in [-0.25, -0.2) is 26.9 Å². The second-order valence-electron chi connectivity index (χ2n) is 8.67. The first-order valence-corrected chi connectivity index (χ1v) is 13.5. The first kappa shape index (κ1) is 26.9. The van der Waals surface area contributed by atoms with Gasteiger partial charge in [0.2, 0.25) is 5.91 Å². The number of carbonyl (C=O) groups is 2. The van der Waals surface area contributed by atoms with Crippen molar-refractivity contribution in [3.05, 3.63) is 90.0 Å². The van der Waals surface area contributed by atoms with Crippen LogP contribution in [0.3, 0.4) is 0 Å². The molecule has 0 saturated carbocycles. The summed E-state index contributed by atoms with van der Waals surface area (Å²) in [6.45, 7) is 1.98. The van der Waals surface area contributed by atoms with E-state index < -0.39 is 33.5 Å². The van der Waals surface area contributed by atoms with Gasteiger partial charge >= 0.3 is 0 Å². The zero-order chi connectivity index (χ0) is 27.3. The van der Waals surface area contributed by atoms with Crippen LogP contribution >= 0.6 is 0 Å². The van der Waals surface area contributed by atoms with Gasteiger partial charge in [-0.15, -0.1) is 0 Å². The van der Waals surface area contributed by atoms with E-state index in [0.717, 1.165) is 25.0 Å². The maximum absolute atomic E-state index is 13.6. The van der Waals surface area contributed by atoms with Crippen molar-refractivity contribution in [3.8, 4) is 11.3 Å². The van der Waals surface area contributed by atoms with Gasteiger partial charge < -0.3 is 5.32 Å². The number of halogens is 2. The third kappa shape index (κ3) is 6.20. The number of para-hydroxylation sites is 1. The molecule has 10 heteroatoms. The number of unbranched alkanes of at least 4 members (excludes halogenated alkanes) is 2. The number of amides is 2. The van der Waals surface area contributed by atoms with E-state index in [1.807, 2.05) is 6.92 Å². The zero-order valence-corrected chi connectivity index (χ0v) is 21.3. The third-order valence-corrected chi connectivity index (χ3v) is 7.28. The highest BCUT2D eigenvalue weighted by Crippen LogP contribution is 2.25. The minimum atomic E-state index is -4.20. The summed E-state index contributed by atoms with van der Waals surface area (Å²) in [4.78, 5) is 29.3. The molecular weight excluding hydrogens is 512 g/mol. The smallest absolute Gasteiger partial charge is 0.266 e. The van der Waals surface area contributed by atoms with E-state index in [2.05, 4.69) is 15.0 Å². The van der Waals surface area contributed by atoms with Crippen molar-refractivity contribution < 1.29 is 26.8 Å². The van der Waals surface area contributed by atoms with E-state index in [1.54, 1.807) is 30.3 Å². The van der Waals surface area contributed by atoms with E-state index in [9.17, 15) is 26.8 Å². The highest BCUT2D eigenvalue weighted by atomic mass is 32.2. The molecule has 4 aromatic rings. The SMILES string of the molecule is CCCCCC(=O)NS(=O)(=O)c1ccccc1NC(=O)c1ccc2nc(-c3ccc(F)c(F)c3)ccc2c1. The van der Waals surface area contributed by atoms with E-state index in [-0.39, 0.29) is 22.6 Å². The largest absolute Gasteiger partial charge is 0.321 e. The Morgan fingerprint density at radius 1 is 0.895 bits per heavy atom. The number of hydrogen-bond donors (Lipinski definition) is 2. The number of pyridine rings is 1. The first-order valence-electron chi connectivity index (χ1n) is 12.0. The number of sulfonamides is 1. The van der Waals surface area contributed by atoms with E-state index in [4.69, 9.17) is 0 Å². The van der Waals surface area contributed by atoms with Gasteiger partial charge in [-0.05, 0) is 61.0 Å². The average molecular weight is 538 g/mol. The van der Waals surface area contributed by atoms with Gasteiger partial charge in [-0.3, -0.25) is 9.59 Å². The van der Waals surface area contributed by atoms with E-state index in [1.165, 1.54) is 30.3 Å². The Morgan fingerprint density at radius 3 is 2.45 bits per heavy atom. The van der Waals surface area contributed by atoms with Crippen molar-refractivity contribution in [3.63, 3.8) is 0 Å². The lowest BCUT2D eigenvalue weighted by molar-refractivity contribution is -0.119. The molecule has 0 aliphatic rings. The Balaban J connectivity index is 1.54. The molecule has 196 valence electrons. The van der Waals surface area contributed by atoms with Gasteiger partial charge in [0, 0.05) is 22.9 Å². The van der Waals surface area contributed by atoms with Crippen molar-refractivity contribution in [1.29, 1.82) is 0 Å². The summed E-state index contributed by atoms with van der Waals surface area (Å²) in [5.41, 5.74) is 1.64. The average Bonchev–Trinajstić information content (AvgIpc) is 2.89. The quantitative estimate of drug-likeness (QED) is 0.262. The van der Waals surface area contributed by atoms with Crippen molar-refractivity contribution in [1.82, 2.24) is 9.71 Å². The van der Waals surface area contributed by atoms with Crippen LogP contribution in [0.5, 0.6) is 0 Å². The number of benzene rings is 3. The predicted octanol–water partition coefficient (Wildman–Crippen LogP) is 5.82. The molecule has 0 aliphatic carbocycles. The van der Waals surface area contributed by atoms with Crippen LogP contribution < -0.4 is 10.0 Å². The summed E-state index contributed by atoms with van der Waals surface area (Å²) in [5.74, 6) is -3.10. The Hall–Kier alpha value is -4.18. The number of nitrogens with one attached hydrogen (secondary N) is 2. The molecule has 0 fully saturated rings. The van der Waals surface area contributed by atoms with Crippen LogP contribution in [0.1, 0.15) is 43.0 Å². The lowest BCUT2D eigenvalue weighted by Gasteiger charge is -2.13.